The highest BCUT2D eigenvalue weighted by atomic mass is 32.2. The number of fused-ring (bicyclic) bond motifs is 1. The van der Waals surface area contributed by atoms with Crippen LogP contribution in [-0.2, 0) is 28.9 Å². The third-order valence-electron chi connectivity index (χ3n) is 5.09. The molecule has 2 heterocycles. The van der Waals surface area contributed by atoms with Crippen LogP contribution in [0.2, 0.25) is 0 Å². The molecule has 9 nitrogen and oxygen atoms in total. The minimum atomic E-state index is -3.53. The Morgan fingerprint density at radius 1 is 1.13 bits per heavy atom. The number of benzene rings is 2. The van der Waals surface area contributed by atoms with Crippen molar-refractivity contribution in [3.05, 3.63) is 70.9 Å². The van der Waals surface area contributed by atoms with Gasteiger partial charge in [-0.1, -0.05) is 30.3 Å². The summed E-state index contributed by atoms with van der Waals surface area (Å²) in [4.78, 5) is 12.8. The molecule has 1 aromatic heterocycles. The number of hydrogen-bond donors (Lipinski definition) is 2. The van der Waals surface area contributed by atoms with Gasteiger partial charge >= 0.3 is 0 Å². The molecule has 4 rings (SSSR count). The van der Waals surface area contributed by atoms with Crippen LogP contribution in [0.1, 0.15) is 27.2 Å². The molecular weight excluding hydrogens is 420 g/mol. The molecule has 10 heteroatoms. The van der Waals surface area contributed by atoms with Crippen LogP contribution in [0, 0.1) is 0 Å². The molecule has 0 saturated heterocycles. The molecule has 3 aromatic rings. The number of methoxy groups -OCH3 is 2. The number of rotatable bonds is 7. The van der Waals surface area contributed by atoms with Gasteiger partial charge in [-0.25, -0.2) is 8.42 Å². The zero-order valence-electron chi connectivity index (χ0n) is 17.1. The van der Waals surface area contributed by atoms with Gasteiger partial charge in [0.2, 0.25) is 10.0 Å². The molecule has 0 spiro atoms. The van der Waals surface area contributed by atoms with E-state index < -0.39 is 15.9 Å². The molecule has 31 heavy (non-hydrogen) atoms. The lowest BCUT2D eigenvalue weighted by atomic mass is 10.1. The molecule has 0 aliphatic carbocycles. The van der Waals surface area contributed by atoms with Crippen LogP contribution in [0.5, 0.6) is 11.5 Å². The second kappa shape index (κ2) is 8.40. The lowest BCUT2D eigenvalue weighted by Crippen LogP contribution is -2.27. The number of nitrogens with one attached hydrogen (secondary N) is 2. The number of nitrogens with zero attached hydrogens (tertiary/aromatic N) is 2. The van der Waals surface area contributed by atoms with Gasteiger partial charge < -0.3 is 14.8 Å². The van der Waals surface area contributed by atoms with Crippen molar-refractivity contribution in [1.29, 1.82) is 0 Å². The number of carbonyl (C=O) groups excluding carboxylic acids is 1. The van der Waals surface area contributed by atoms with Crippen LogP contribution in [0.4, 0.5) is 5.82 Å². The highest BCUT2D eigenvalue weighted by molar-refractivity contribution is 7.88. The summed E-state index contributed by atoms with van der Waals surface area (Å²) in [5.74, 6) is 0.667. The fourth-order valence-corrected chi connectivity index (χ4v) is 4.90. The molecular formula is C21H22N4O5S. The summed E-state index contributed by atoms with van der Waals surface area (Å²) in [6.45, 7) is 0.307. The standard InChI is InChI=1S/C21H22N4O5S/c1-29-15-8-9-19(30-2)16(10-15)21(26)22-20-17-11-25(12-18(17)23-24-20)31(27,28)13-14-6-4-3-5-7-14/h3-10H,11-13H2,1-2H3,(H2,22,23,24,26). The number of H-pyrrole nitrogens is 1. The number of ether oxygens (including phenoxy) is 2. The normalized spacial score (nSPS) is 13.6. The summed E-state index contributed by atoms with van der Waals surface area (Å²) in [6, 6.07) is 13.9. The van der Waals surface area contributed by atoms with Gasteiger partial charge in [-0.2, -0.15) is 9.40 Å². The van der Waals surface area contributed by atoms with Crippen molar-refractivity contribution in [2.75, 3.05) is 19.5 Å². The predicted molar refractivity (Wildman–Crippen MR) is 114 cm³/mol. The van der Waals surface area contributed by atoms with Crippen molar-refractivity contribution in [1.82, 2.24) is 14.5 Å². The Morgan fingerprint density at radius 2 is 1.90 bits per heavy atom. The summed E-state index contributed by atoms with van der Waals surface area (Å²) in [5.41, 5.74) is 2.30. The van der Waals surface area contributed by atoms with E-state index in [9.17, 15) is 13.2 Å². The van der Waals surface area contributed by atoms with Crippen LogP contribution >= 0.6 is 0 Å². The molecule has 0 radical (unpaired) electrons. The predicted octanol–water partition coefficient (Wildman–Crippen LogP) is 2.52. The Bertz CT molecular complexity index is 1210. The number of carbonyl (C=O) groups is 1. The van der Waals surface area contributed by atoms with E-state index in [-0.39, 0.29) is 24.4 Å². The Kier molecular flexibility index (Phi) is 5.66. The van der Waals surface area contributed by atoms with Gasteiger partial charge in [-0.05, 0) is 23.8 Å². The van der Waals surface area contributed by atoms with Gasteiger partial charge in [0.05, 0.1) is 37.8 Å². The van der Waals surface area contributed by atoms with Crippen LogP contribution in [0.15, 0.2) is 48.5 Å². The maximum atomic E-state index is 12.9. The Balaban J connectivity index is 1.51. The van der Waals surface area contributed by atoms with Crippen molar-refractivity contribution in [2.24, 2.45) is 0 Å². The number of hydrogen-bond acceptors (Lipinski definition) is 6. The molecule has 2 N–H and O–H groups in total. The maximum absolute atomic E-state index is 12.9. The van der Waals surface area contributed by atoms with Crippen LogP contribution < -0.4 is 14.8 Å². The fraction of sp³-hybridized carbons (Fsp3) is 0.238. The van der Waals surface area contributed by atoms with Gasteiger partial charge in [0.25, 0.3) is 5.91 Å². The van der Waals surface area contributed by atoms with Gasteiger partial charge in [0, 0.05) is 12.1 Å². The summed E-state index contributed by atoms with van der Waals surface area (Å²) in [7, 11) is -0.550. The lowest BCUT2D eigenvalue weighted by molar-refractivity contribution is 0.102. The minimum absolute atomic E-state index is 0.0890. The number of sulfonamides is 1. The molecule has 0 bridgehead atoms. The van der Waals surface area contributed by atoms with Gasteiger partial charge in [0.15, 0.2) is 5.82 Å². The Labute approximate surface area is 180 Å². The van der Waals surface area contributed by atoms with Crippen molar-refractivity contribution in [3.8, 4) is 11.5 Å². The number of amides is 1. The van der Waals surface area contributed by atoms with Gasteiger partial charge in [0.1, 0.15) is 11.5 Å². The molecule has 1 aliphatic rings. The first-order valence-electron chi connectivity index (χ1n) is 9.52. The molecule has 2 aromatic carbocycles. The largest absolute Gasteiger partial charge is 0.497 e. The third kappa shape index (κ3) is 4.25. The average Bonchev–Trinajstić information content (AvgIpc) is 3.36. The van der Waals surface area contributed by atoms with Crippen LogP contribution in [0.3, 0.4) is 0 Å². The fourth-order valence-electron chi connectivity index (χ4n) is 3.45. The van der Waals surface area contributed by atoms with E-state index in [2.05, 4.69) is 15.5 Å². The molecule has 0 fully saturated rings. The van der Waals surface area contributed by atoms with Gasteiger partial charge in [-0.15, -0.1) is 0 Å². The van der Waals surface area contributed by atoms with Crippen molar-refractivity contribution in [3.63, 3.8) is 0 Å². The molecule has 1 amide bonds. The minimum Gasteiger partial charge on any atom is -0.497 e. The maximum Gasteiger partial charge on any atom is 0.260 e. The first-order chi connectivity index (χ1) is 14.9. The summed E-state index contributed by atoms with van der Waals surface area (Å²) in [5, 5.41) is 9.73. The molecule has 0 saturated carbocycles. The zero-order chi connectivity index (χ0) is 22.0. The summed E-state index contributed by atoms with van der Waals surface area (Å²) in [6.07, 6.45) is 0. The van der Waals surface area contributed by atoms with Crippen molar-refractivity contribution < 1.29 is 22.7 Å². The monoisotopic (exact) mass is 442 g/mol. The topological polar surface area (TPSA) is 114 Å². The average molecular weight is 442 g/mol. The second-order valence-corrected chi connectivity index (χ2v) is 9.03. The van der Waals surface area contributed by atoms with E-state index in [4.69, 9.17) is 9.47 Å². The van der Waals surface area contributed by atoms with E-state index in [1.807, 2.05) is 18.2 Å². The van der Waals surface area contributed by atoms with E-state index >= 15 is 0 Å². The summed E-state index contributed by atoms with van der Waals surface area (Å²) < 4.78 is 37.5. The first-order valence-corrected chi connectivity index (χ1v) is 11.1. The Morgan fingerprint density at radius 3 is 2.61 bits per heavy atom. The quantitative estimate of drug-likeness (QED) is 0.581. The van der Waals surface area contributed by atoms with E-state index in [1.54, 1.807) is 30.3 Å². The lowest BCUT2D eigenvalue weighted by Gasteiger charge is -2.16. The highest BCUT2D eigenvalue weighted by Gasteiger charge is 2.33. The van der Waals surface area contributed by atoms with E-state index in [0.717, 1.165) is 5.56 Å². The first kappa shape index (κ1) is 20.9. The van der Waals surface area contributed by atoms with Crippen molar-refractivity contribution >= 4 is 21.7 Å². The van der Waals surface area contributed by atoms with Gasteiger partial charge in [-0.3, -0.25) is 9.89 Å². The highest BCUT2D eigenvalue weighted by Crippen LogP contribution is 2.31. The Hall–Kier alpha value is -3.37. The molecule has 162 valence electrons. The number of aromatic nitrogens is 2. The molecule has 0 unspecified atom stereocenters. The number of anilines is 1. The second-order valence-electron chi connectivity index (χ2n) is 7.06. The van der Waals surface area contributed by atoms with Crippen LogP contribution in [0.25, 0.3) is 0 Å². The van der Waals surface area contributed by atoms with E-state index in [1.165, 1.54) is 18.5 Å². The summed E-state index contributed by atoms with van der Waals surface area (Å²) >= 11 is 0. The third-order valence-corrected chi connectivity index (χ3v) is 6.83. The zero-order valence-corrected chi connectivity index (χ0v) is 17.9. The number of aromatic amines is 1. The van der Waals surface area contributed by atoms with Crippen molar-refractivity contribution in [2.45, 2.75) is 18.8 Å². The smallest absolute Gasteiger partial charge is 0.260 e. The van der Waals surface area contributed by atoms with Crippen LogP contribution in [-0.4, -0.2) is 43.0 Å². The molecule has 0 atom stereocenters. The molecule has 1 aliphatic heterocycles. The SMILES string of the molecule is COc1ccc(OC)c(C(=O)Nc2n[nH]c3c2CN(S(=O)(=O)Cc2ccccc2)C3)c1. The van der Waals surface area contributed by atoms with E-state index in [0.29, 0.717) is 28.6 Å².